The molecule has 0 aliphatic rings. The van der Waals surface area contributed by atoms with Gasteiger partial charge >= 0.3 is 5.97 Å². The van der Waals surface area contributed by atoms with Gasteiger partial charge in [-0.15, -0.1) is 0 Å². The van der Waals surface area contributed by atoms with Crippen molar-refractivity contribution in [1.29, 1.82) is 0 Å². The molecule has 212 valence electrons. The summed E-state index contributed by atoms with van der Waals surface area (Å²) < 4.78 is 21.4. The van der Waals surface area contributed by atoms with Crippen LogP contribution in [0.1, 0.15) is 61.0 Å². The zero-order chi connectivity index (χ0) is 29.2. The molecule has 0 saturated carbocycles. The second-order valence-electron chi connectivity index (χ2n) is 9.65. The fraction of sp³-hybridized carbons (Fsp3) is 0.323. The summed E-state index contributed by atoms with van der Waals surface area (Å²) in [4.78, 5) is 37.8. The predicted molar refractivity (Wildman–Crippen MR) is 154 cm³/mol. The Morgan fingerprint density at radius 1 is 0.700 bits per heavy atom. The number of para-hydroxylation sites is 3. The van der Waals surface area contributed by atoms with Crippen molar-refractivity contribution in [1.82, 2.24) is 0 Å². The number of benzene rings is 3. The molecule has 40 heavy (non-hydrogen) atoms. The van der Waals surface area contributed by atoms with Gasteiger partial charge in [-0.3, -0.25) is 9.59 Å². The van der Waals surface area contributed by atoms with E-state index in [1.165, 1.54) is 32.4 Å². The number of hydrogen-bond donors (Lipinski definition) is 2. The highest BCUT2D eigenvalue weighted by Gasteiger charge is 2.19. The number of carbonyl (C=O) groups is 3. The van der Waals surface area contributed by atoms with Crippen molar-refractivity contribution >= 4 is 29.2 Å². The van der Waals surface area contributed by atoms with E-state index in [4.69, 9.17) is 18.9 Å². The average molecular weight is 549 g/mol. The maximum atomic E-state index is 12.7. The van der Waals surface area contributed by atoms with Crippen LogP contribution in [0.2, 0.25) is 0 Å². The summed E-state index contributed by atoms with van der Waals surface area (Å²) in [5.41, 5.74) is 3.47. The summed E-state index contributed by atoms with van der Waals surface area (Å²) in [6, 6.07) is 17.4. The van der Waals surface area contributed by atoms with Crippen LogP contribution in [0.3, 0.4) is 0 Å². The summed E-state index contributed by atoms with van der Waals surface area (Å²) in [5, 5.41) is 5.65. The number of methoxy groups -OCH3 is 2. The van der Waals surface area contributed by atoms with E-state index in [1.807, 2.05) is 18.2 Å². The van der Waals surface area contributed by atoms with Crippen LogP contribution >= 0.6 is 0 Å². The number of carbonyl (C=O) groups excluding carboxylic acids is 3. The third-order valence-electron chi connectivity index (χ3n) is 6.11. The van der Waals surface area contributed by atoms with Crippen LogP contribution in [0.4, 0.5) is 11.4 Å². The second kappa shape index (κ2) is 14.0. The number of ether oxygens (including phenoxy) is 4. The number of amides is 2. The van der Waals surface area contributed by atoms with E-state index in [9.17, 15) is 14.4 Å². The minimum Gasteiger partial charge on any atom is -0.495 e. The minimum atomic E-state index is -0.699. The van der Waals surface area contributed by atoms with Crippen molar-refractivity contribution in [3.63, 3.8) is 0 Å². The number of rotatable bonds is 12. The summed E-state index contributed by atoms with van der Waals surface area (Å²) >= 11 is 0. The van der Waals surface area contributed by atoms with Crippen LogP contribution in [0.5, 0.6) is 17.2 Å². The van der Waals surface area contributed by atoms with Gasteiger partial charge < -0.3 is 29.6 Å². The molecule has 0 aromatic heterocycles. The molecule has 3 aromatic carbocycles. The van der Waals surface area contributed by atoms with Crippen LogP contribution in [0.25, 0.3) is 0 Å². The van der Waals surface area contributed by atoms with E-state index in [2.05, 4.69) is 38.3 Å². The van der Waals surface area contributed by atoms with Gasteiger partial charge in [-0.25, -0.2) is 4.79 Å². The average Bonchev–Trinajstić information content (AvgIpc) is 2.94. The van der Waals surface area contributed by atoms with Crippen LogP contribution in [-0.2, 0) is 14.3 Å². The van der Waals surface area contributed by atoms with E-state index in [1.54, 1.807) is 24.3 Å². The van der Waals surface area contributed by atoms with Gasteiger partial charge in [0.15, 0.2) is 24.7 Å². The number of nitrogens with one attached hydrogen (secondary N) is 2. The third kappa shape index (κ3) is 7.75. The Labute approximate surface area is 234 Å². The maximum absolute atomic E-state index is 12.7. The van der Waals surface area contributed by atoms with Crippen molar-refractivity contribution < 1.29 is 33.3 Å². The van der Waals surface area contributed by atoms with Gasteiger partial charge in [0.2, 0.25) is 0 Å². The van der Waals surface area contributed by atoms with Gasteiger partial charge in [-0.1, -0.05) is 58.0 Å². The Bertz CT molecular complexity index is 1330. The summed E-state index contributed by atoms with van der Waals surface area (Å²) in [6.07, 6.45) is 0. The highest BCUT2D eigenvalue weighted by Crippen LogP contribution is 2.32. The first-order valence-corrected chi connectivity index (χ1v) is 13.0. The fourth-order valence-corrected chi connectivity index (χ4v) is 4.08. The number of hydrogen-bond acceptors (Lipinski definition) is 7. The van der Waals surface area contributed by atoms with Crippen molar-refractivity contribution in [2.24, 2.45) is 0 Å². The molecule has 0 spiro atoms. The largest absolute Gasteiger partial charge is 0.495 e. The van der Waals surface area contributed by atoms with E-state index >= 15 is 0 Å². The van der Waals surface area contributed by atoms with Crippen LogP contribution < -0.4 is 24.8 Å². The molecule has 0 aliphatic heterocycles. The zero-order valence-corrected chi connectivity index (χ0v) is 23.7. The van der Waals surface area contributed by atoms with Gasteiger partial charge in [0.1, 0.15) is 5.75 Å². The van der Waals surface area contributed by atoms with E-state index in [0.29, 0.717) is 11.4 Å². The van der Waals surface area contributed by atoms with Crippen LogP contribution in [-0.4, -0.2) is 45.2 Å². The fourth-order valence-electron chi connectivity index (χ4n) is 4.08. The predicted octanol–water partition coefficient (Wildman–Crippen LogP) is 5.76. The highest BCUT2D eigenvalue weighted by atomic mass is 16.5. The van der Waals surface area contributed by atoms with E-state index in [-0.39, 0.29) is 35.5 Å². The van der Waals surface area contributed by atoms with Crippen LogP contribution in [0, 0.1) is 0 Å². The Hall–Kier alpha value is -4.53. The number of esters is 1. The molecule has 0 radical (unpaired) electrons. The highest BCUT2D eigenvalue weighted by molar-refractivity contribution is 5.97. The zero-order valence-electron chi connectivity index (χ0n) is 23.7. The summed E-state index contributed by atoms with van der Waals surface area (Å²) in [7, 11) is 2.93. The van der Waals surface area contributed by atoms with Crippen molar-refractivity contribution in [2.45, 2.75) is 39.5 Å². The molecule has 0 heterocycles. The summed E-state index contributed by atoms with van der Waals surface area (Å²) in [5.74, 6) is -0.106. The van der Waals surface area contributed by atoms with E-state index < -0.39 is 24.4 Å². The van der Waals surface area contributed by atoms with E-state index in [0.717, 1.165) is 16.8 Å². The Balaban J connectivity index is 1.60. The first-order chi connectivity index (χ1) is 19.1. The van der Waals surface area contributed by atoms with Crippen molar-refractivity contribution in [3.05, 3.63) is 77.4 Å². The normalized spacial score (nSPS) is 10.7. The molecule has 0 unspecified atom stereocenters. The lowest BCUT2D eigenvalue weighted by atomic mass is 9.92. The first-order valence-electron chi connectivity index (χ1n) is 13.0. The van der Waals surface area contributed by atoms with Gasteiger partial charge in [-0.2, -0.15) is 0 Å². The lowest BCUT2D eigenvalue weighted by Gasteiger charge is -2.20. The molecule has 9 nitrogen and oxygen atoms in total. The minimum absolute atomic E-state index is 0.168. The number of anilines is 2. The van der Waals surface area contributed by atoms with Crippen molar-refractivity contribution in [2.75, 3.05) is 38.1 Å². The molecule has 2 N–H and O–H groups in total. The molecular formula is C31H36N2O7. The molecule has 0 bridgehead atoms. The molecule has 0 fully saturated rings. The standard InChI is InChI=1S/C31H36N2O7/c1-19(2)22-10-9-11-23(20(3)4)30(22)33-29(35)18-40-31(36)21-14-15-26(27(16-21)38-6)39-17-28(34)32-24-12-7-8-13-25(24)37-5/h7-16,19-20H,17-18H2,1-6H3,(H,32,34)(H,33,35). The van der Waals surface area contributed by atoms with Gasteiger partial charge in [0.05, 0.1) is 25.5 Å². The second-order valence-corrected chi connectivity index (χ2v) is 9.65. The monoisotopic (exact) mass is 548 g/mol. The molecule has 3 aromatic rings. The molecular weight excluding hydrogens is 512 g/mol. The lowest BCUT2D eigenvalue weighted by molar-refractivity contribution is -0.119. The van der Waals surface area contributed by atoms with Crippen molar-refractivity contribution in [3.8, 4) is 17.2 Å². The molecule has 3 rings (SSSR count). The SMILES string of the molecule is COc1ccccc1NC(=O)COc1ccc(C(=O)OCC(=O)Nc2c(C(C)C)cccc2C(C)C)cc1OC. The Morgan fingerprint density at radius 3 is 1.95 bits per heavy atom. The molecule has 9 heteroatoms. The Morgan fingerprint density at radius 2 is 1.32 bits per heavy atom. The van der Waals surface area contributed by atoms with Gasteiger partial charge in [0.25, 0.3) is 11.8 Å². The molecule has 2 amide bonds. The quantitative estimate of drug-likeness (QED) is 0.277. The Kier molecular flexibility index (Phi) is 10.5. The maximum Gasteiger partial charge on any atom is 0.338 e. The van der Waals surface area contributed by atoms with Gasteiger partial charge in [-0.05, 0) is 53.3 Å². The topological polar surface area (TPSA) is 112 Å². The summed E-state index contributed by atoms with van der Waals surface area (Å²) in [6.45, 7) is 7.48. The molecule has 0 saturated heterocycles. The van der Waals surface area contributed by atoms with Crippen LogP contribution in [0.15, 0.2) is 60.7 Å². The molecule has 0 aliphatic carbocycles. The lowest BCUT2D eigenvalue weighted by Crippen LogP contribution is -2.23. The third-order valence-corrected chi connectivity index (χ3v) is 6.11. The molecule has 0 atom stereocenters. The van der Waals surface area contributed by atoms with Gasteiger partial charge in [0, 0.05) is 5.69 Å². The smallest absolute Gasteiger partial charge is 0.338 e. The first kappa shape index (κ1) is 30.0.